The predicted octanol–water partition coefficient (Wildman–Crippen LogP) is 4.32. The third-order valence-corrected chi connectivity index (χ3v) is 7.32. The van der Waals surface area contributed by atoms with Gasteiger partial charge >= 0.3 is 0 Å². The maximum absolute atomic E-state index is 13.7. The molecule has 0 fully saturated rings. The van der Waals surface area contributed by atoms with Crippen LogP contribution in [0.1, 0.15) is 37.0 Å². The highest BCUT2D eigenvalue weighted by molar-refractivity contribution is 7.92. The van der Waals surface area contributed by atoms with E-state index in [4.69, 9.17) is 23.2 Å². The molecule has 7 nitrogen and oxygen atoms in total. The average Bonchev–Trinajstić information content (AvgIpc) is 2.74. The molecule has 0 aliphatic heterocycles. The lowest BCUT2D eigenvalue weighted by Crippen LogP contribution is -2.52. The van der Waals surface area contributed by atoms with Crippen molar-refractivity contribution in [2.75, 3.05) is 23.7 Å². The number of rotatable bonds is 10. The van der Waals surface area contributed by atoms with Crippen molar-refractivity contribution in [3.8, 4) is 0 Å². The Morgan fingerprint density at radius 3 is 2.00 bits per heavy atom. The highest BCUT2D eigenvalue weighted by Crippen LogP contribution is 2.29. The van der Waals surface area contributed by atoms with Crippen LogP contribution in [0.5, 0.6) is 0 Å². The number of carbonyl (C=O) groups excluding carboxylic acids is 2. The van der Waals surface area contributed by atoms with E-state index in [0.717, 1.165) is 21.7 Å². The number of benzene rings is 2. The molecule has 0 spiro atoms. The van der Waals surface area contributed by atoms with E-state index in [1.165, 1.54) is 4.90 Å². The summed E-state index contributed by atoms with van der Waals surface area (Å²) in [6.45, 7) is 7.02. The zero-order valence-electron chi connectivity index (χ0n) is 20.1. The average molecular weight is 529 g/mol. The van der Waals surface area contributed by atoms with Gasteiger partial charge in [0.15, 0.2) is 0 Å². The van der Waals surface area contributed by atoms with Gasteiger partial charge in [-0.1, -0.05) is 54.4 Å². The predicted molar refractivity (Wildman–Crippen MR) is 138 cm³/mol. The van der Waals surface area contributed by atoms with Crippen LogP contribution in [0.2, 0.25) is 10.0 Å². The molecule has 0 radical (unpaired) electrons. The molecule has 2 aromatic carbocycles. The summed E-state index contributed by atoms with van der Waals surface area (Å²) in [6, 6.07) is 9.55. The van der Waals surface area contributed by atoms with Gasteiger partial charge in [-0.25, -0.2) is 8.42 Å². The fraction of sp³-hybridized carbons (Fsp3) is 0.417. The number of hydrogen-bond donors (Lipinski definition) is 1. The summed E-state index contributed by atoms with van der Waals surface area (Å²) < 4.78 is 26.6. The summed E-state index contributed by atoms with van der Waals surface area (Å²) in [5, 5.41) is 3.45. The Bertz CT molecular complexity index is 1110. The van der Waals surface area contributed by atoms with Crippen molar-refractivity contribution >= 4 is 50.7 Å². The monoisotopic (exact) mass is 527 g/mol. The molecular weight excluding hydrogens is 497 g/mol. The van der Waals surface area contributed by atoms with Crippen LogP contribution in [-0.4, -0.2) is 50.5 Å². The molecule has 34 heavy (non-hydrogen) atoms. The molecule has 0 unspecified atom stereocenters. The summed E-state index contributed by atoms with van der Waals surface area (Å²) in [5.41, 5.74) is 2.37. The van der Waals surface area contributed by atoms with Crippen molar-refractivity contribution < 1.29 is 18.0 Å². The minimum absolute atomic E-state index is 0.0443. The van der Waals surface area contributed by atoms with E-state index in [9.17, 15) is 18.0 Å². The van der Waals surface area contributed by atoms with Crippen LogP contribution in [0.3, 0.4) is 0 Å². The van der Waals surface area contributed by atoms with Crippen molar-refractivity contribution in [1.29, 1.82) is 0 Å². The van der Waals surface area contributed by atoms with Gasteiger partial charge in [-0.05, 0) is 50.5 Å². The molecule has 0 aliphatic carbocycles. The topological polar surface area (TPSA) is 86.8 Å². The van der Waals surface area contributed by atoms with Crippen LogP contribution in [0.15, 0.2) is 36.4 Å². The van der Waals surface area contributed by atoms with E-state index in [0.29, 0.717) is 34.3 Å². The quantitative estimate of drug-likeness (QED) is 0.498. The Balaban J connectivity index is 2.55. The number of aryl methyl sites for hydroxylation is 2. The lowest BCUT2D eigenvalue weighted by Gasteiger charge is -2.33. The Morgan fingerprint density at radius 2 is 1.53 bits per heavy atom. The second kappa shape index (κ2) is 11.9. The lowest BCUT2D eigenvalue weighted by molar-refractivity contribution is -0.140. The summed E-state index contributed by atoms with van der Waals surface area (Å²) >= 11 is 12.7. The molecule has 2 amide bonds. The van der Waals surface area contributed by atoms with Crippen LogP contribution in [0, 0.1) is 13.8 Å². The Labute approximate surface area is 212 Å². The third kappa shape index (κ3) is 6.64. The maximum Gasteiger partial charge on any atom is 0.244 e. The number of amides is 2. The van der Waals surface area contributed by atoms with Crippen LogP contribution in [0.4, 0.5) is 5.69 Å². The highest BCUT2D eigenvalue weighted by Gasteiger charge is 2.33. The van der Waals surface area contributed by atoms with Gasteiger partial charge in [0.25, 0.3) is 0 Å². The normalized spacial score (nSPS) is 12.2. The first-order valence-corrected chi connectivity index (χ1v) is 13.6. The minimum Gasteiger partial charge on any atom is -0.355 e. The first-order valence-electron chi connectivity index (χ1n) is 11.0. The zero-order valence-corrected chi connectivity index (χ0v) is 22.4. The number of hydrogen-bond acceptors (Lipinski definition) is 4. The number of carbonyl (C=O) groups is 2. The van der Waals surface area contributed by atoms with Crippen LogP contribution in [0.25, 0.3) is 0 Å². The second-order valence-corrected chi connectivity index (χ2v) is 10.8. The Hall–Kier alpha value is -2.29. The van der Waals surface area contributed by atoms with Crippen molar-refractivity contribution in [1.82, 2.24) is 10.2 Å². The number of anilines is 1. The smallest absolute Gasteiger partial charge is 0.244 e. The van der Waals surface area contributed by atoms with Crippen molar-refractivity contribution in [3.05, 3.63) is 63.1 Å². The van der Waals surface area contributed by atoms with Gasteiger partial charge in [0, 0.05) is 28.7 Å². The van der Waals surface area contributed by atoms with E-state index in [2.05, 4.69) is 5.32 Å². The second-order valence-electron chi connectivity index (χ2n) is 8.05. The number of likely N-dealkylation sites (N-methyl/N-ethyl adjacent to an activating group) is 1. The van der Waals surface area contributed by atoms with E-state index in [-0.39, 0.29) is 12.5 Å². The summed E-state index contributed by atoms with van der Waals surface area (Å²) in [5.74, 6) is -0.873. The fourth-order valence-electron chi connectivity index (χ4n) is 3.84. The molecule has 0 saturated heterocycles. The molecule has 10 heteroatoms. The van der Waals surface area contributed by atoms with Gasteiger partial charge in [0.2, 0.25) is 21.8 Å². The molecule has 0 heterocycles. The Kier molecular flexibility index (Phi) is 9.79. The van der Waals surface area contributed by atoms with Crippen molar-refractivity contribution in [2.45, 2.75) is 46.7 Å². The zero-order chi connectivity index (χ0) is 25.6. The van der Waals surface area contributed by atoms with Gasteiger partial charge in [0.1, 0.15) is 12.6 Å². The Morgan fingerprint density at radius 1 is 1.00 bits per heavy atom. The van der Waals surface area contributed by atoms with Gasteiger partial charge in [-0.2, -0.15) is 0 Å². The minimum atomic E-state index is -3.81. The summed E-state index contributed by atoms with van der Waals surface area (Å²) in [6.07, 6.45) is 1.38. The van der Waals surface area contributed by atoms with Gasteiger partial charge < -0.3 is 10.2 Å². The number of nitrogens with one attached hydrogen (secondary N) is 1. The highest BCUT2D eigenvalue weighted by atomic mass is 35.5. The van der Waals surface area contributed by atoms with Gasteiger partial charge in [0.05, 0.1) is 11.9 Å². The van der Waals surface area contributed by atoms with E-state index in [1.54, 1.807) is 58.0 Å². The number of halogens is 2. The molecule has 0 aliphatic rings. The molecule has 2 rings (SSSR count). The molecule has 1 atom stereocenters. The van der Waals surface area contributed by atoms with Crippen LogP contribution < -0.4 is 9.62 Å². The molecule has 186 valence electrons. The summed E-state index contributed by atoms with van der Waals surface area (Å²) in [4.78, 5) is 27.9. The number of nitrogens with zero attached hydrogens (tertiary/aromatic N) is 2. The van der Waals surface area contributed by atoms with Crippen LogP contribution in [-0.2, 0) is 26.2 Å². The first-order chi connectivity index (χ1) is 15.9. The van der Waals surface area contributed by atoms with E-state index < -0.39 is 28.5 Å². The molecule has 1 N–H and O–H groups in total. The SMILES string of the molecule is CCNC(=O)[C@@H](CC)N(Cc1c(Cl)cccc1Cl)C(=O)CN(c1c(C)cccc1C)S(C)(=O)=O. The van der Waals surface area contributed by atoms with Crippen molar-refractivity contribution in [3.63, 3.8) is 0 Å². The summed E-state index contributed by atoms with van der Waals surface area (Å²) in [7, 11) is -3.81. The maximum atomic E-state index is 13.7. The first kappa shape index (κ1) is 28.0. The molecule has 0 saturated carbocycles. The molecule has 0 bridgehead atoms. The van der Waals surface area contributed by atoms with Crippen LogP contribution >= 0.6 is 23.2 Å². The molecule has 2 aromatic rings. The third-order valence-electron chi connectivity index (χ3n) is 5.50. The standard InChI is InChI=1S/C24H31Cl2N3O4S/c1-6-21(24(31)27-7-2)28(14-18-19(25)12-9-13-20(18)26)22(30)15-29(34(5,32)33)23-16(3)10-8-11-17(23)4/h8-13,21H,6-7,14-15H2,1-5H3,(H,27,31)/t21-/m1/s1. The number of para-hydroxylation sites is 1. The lowest BCUT2D eigenvalue weighted by atomic mass is 10.1. The largest absolute Gasteiger partial charge is 0.355 e. The van der Waals surface area contributed by atoms with Crippen molar-refractivity contribution in [2.24, 2.45) is 0 Å². The fourth-order valence-corrected chi connectivity index (χ4v) is 5.32. The van der Waals surface area contributed by atoms with Gasteiger partial charge in [-0.3, -0.25) is 13.9 Å². The molecular formula is C24H31Cl2N3O4S. The van der Waals surface area contributed by atoms with E-state index in [1.807, 2.05) is 6.07 Å². The van der Waals surface area contributed by atoms with E-state index >= 15 is 0 Å². The van der Waals surface area contributed by atoms with Gasteiger partial charge in [-0.15, -0.1) is 0 Å². The number of sulfonamides is 1. The molecule has 0 aromatic heterocycles.